The molecule has 1 N–H and O–H groups in total. The zero-order valence-corrected chi connectivity index (χ0v) is 11.2. The summed E-state index contributed by atoms with van der Waals surface area (Å²) in [6, 6.07) is 1.24. The molecule has 15 heavy (non-hydrogen) atoms. The molecule has 0 aliphatic carbocycles. The largest absolute Gasteiger partial charge is 0.385 e. The van der Waals surface area contributed by atoms with Gasteiger partial charge in [0.15, 0.2) is 0 Å². The van der Waals surface area contributed by atoms with Gasteiger partial charge in [0.25, 0.3) is 0 Å². The first-order chi connectivity index (χ1) is 7.13. The summed E-state index contributed by atoms with van der Waals surface area (Å²) in [5.41, 5.74) is 0. The molecule has 3 atom stereocenters. The molecule has 0 aromatic rings. The maximum absolute atomic E-state index is 5.09. The van der Waals surface area contributed by atoms with Crippen LogP contribution in [0.3, 0.4) is 0 Å². The molecule has 0 aliphatic rings. The molecule has 0 fully saturated rings. The van der Waals surface area contributed by atoms with Crippen molar-refractivity contribution in [3.63, 3.8) is 0 Å². The SMILES string of the molecule is CCC(C)CC(CC)NC(C)CCOC. The highest BCUT2D eigenvalue weighted by atomic mass is 16.5. The Kier molecular flexibility index (Phi) is 9.12. The van der Waals surface area contributed by atoms with Crippen LogP contribution >= 0.6 is 0 Å². The predicted molar refractivity (Wildman–Crippen MR) is 67.2 cm³/mol. The van der Waals surface area contributed by atoms with Crippen LogP contribution in [-0.4, -0.2) is 25.8 Å². The highest BCUT2D eigenvalue weighted by Gasteiger charge is 2.12. The lowest BCUT2D eigenvalue weighted by molar-refractivity contribution is 0.181. The van der Waals surface area contributed by atoms with Gasteiger partial charge in [-0.25, -0.2) is 0 Å². The normalized spacial score (nSPS) is 17.4. The lowest BCUT2D eigenvalue weighted by Gasteiger charge is -2.24. The molecule has 0 aromatic carbocycles. The zero-order chi connectivity index (χ0) is 11.7. The number of methoxy groups -OCH3 is 1. The van der Waals surface area contributed by atoms with E-state index in [1.807, 2.05) is 0 Å². The summed E-state index contributed by atoms with van der Waals surface area (Å²) in [6.45, 7) is 9.98. The van der Waals surface area contributed by atoms with E-state index < -0.39 is 0 Å². The molecule has 0 spiro atoms. The molecule has 0 bridgehead atoms. The Balaban J connectivity index is 3.76. The van der Waals surface area contributed by atoms with Crippen LogP contribution in [0.2, 0.25) is 0 Å². The van der Waals surface area contributed by atoms with E-state index in [0.717, 1.165) is 18.9 Å². The Hall–Kier alpha value is -0.0800. The first-order valence-electron chi connectivity index (χ1n) is 6.38. The first kappa shape index (κ1) is 14.9. The number of nitrogens with one attached hydrogen (secondary N) is 1. The molecule has 0 saturated heterocycles. The quantitative estimate of drug-likeness (QED) is 0.637. The van der Waals surface area contributed by atoms with Gasteiger partial charge in [-0.05, 0) is 32.1 Å². The fourth-order valence-electron chi connectivity index (χ4n) is 1.79. The van der Waals surface area contributed by atoms with E-state index in [4.69, 9.17) is 4.74 Å². The molecular weight excluding hydrogens is 186 g/mol. The van der Waals surface area contributed by atoms with E-state index in [2.05, 4.69) is 33.0 Å². The van der Waals surface area contributed by atoms with Crippen molar-refractivity contribution in [2.45, 2.75) is 65.5 Å². The van der Waals surface area contributed by atoms with Gasteiger partial charge >= 0.3 is 0 Å². The molecule has 2 heteroatoms. The third kappa shape index (κ3) is 7.80. The lowest BCUT2D eigenvalue weighted by Crippen LogP contribution is -2.37. The van der Waals surface area contributed by atoms with Crippen LogP contribution in [0.4, 0.5) is 0 Å². The second kappa shape index (κ2) is 9.17. The van der Waals surface area contributed by atoms with Crippen LogP contribution in [0, 0.1) is 5.92 Å². The summed E-state index contributed by atoms with van der Waals surface area (Å²) in [5.74, 6) is 0.831. The molecule has 0 amide bonds. The van der Waals surface area contributed by atoms with Crippen molar-refractivity contribution in [1.82, 2.24) is 5.32 Å². The summed E-state index contributed by atoms with van der Waals surface area (Å²) < 4.78 is 5.09. The topological polar surface area (TPSA) is 21.3 Å². The van der Waals surface area contributed by atoms with Gasteiger partial charge in [-0.3, -0.25) is 0 Å². The van der Waals surface area contributed by atoms with Gasteiger partial charge in [0.2, 0.25) is 0 Å². The fourth-order valence-corrected chi connectivity index (χ4v) is 1.79. The Morgan fingerprint density at radius 2 is 1.80 bits per heavy atom. The Bertz CT molecular complexity index is 138. The average molecular weight is 215 g/mol. The Labute approximate surface area is 95.8 Å². The molecule has 3 unspecified atom stereocenters. The minimum Gasteiger partial charge on any atom is -0.385 e. The van der Waals surface area contributed by atoms with Crippen molar-refractivity contribution in [1.29, 1.82) is 0 Å². The minimum absolute atomic E-state index is 0.568. The maximum Gasteiger partial charge on any atom is 0.0476 e. The van der Waals surface area contributed by atoms with Crippen LogP contribution in [-0.2, 0) is 4.74 Å². The van der Waals surface area contributed by atoms with Gasteiger partial charge in [0, 0.05) is 25.8 Å². The van der Waals surface area contributed by atoms with Gasteiger partial charge in [0.1, 0.15) is 0 Å². The number of ether oxygens (including phenoxy) is 1. The monoisotopic (exact) mass is 215 g/mol. The second-order valence-corrected chi connectivity index (χ2v) is 4.70. The van der Waals surface area contributed by atoms with Crippen molar-refractivity contribution in [3.05, 3.63) is 0 Å². The first-order valence-corrected chi connectivity index (χ1v) is 6.38. The molecule has 0 aromatic heterocycles. The van der Waals surface area contributed by atoms with Gasteiger partial charge < -0.3 is 10.1 Å². The molecule has 0 rings (SSSR count). The number of hydrogen-bond acceptors (Lipinski definition) is 2. The maximum atomic E-state index is 5.09. The zero-order valence-electron chi connectivity index (χ0n) is 11.2. The Morgan fingerprint density at radius 1 is 1.13 bits per heavy atom. The van der Waals surface area contributed by atoms with E-state index in [1.165, 1.54) is 19.3 Å². The molecule has 92 valence electrons. The van der Waals surface area contributed by atoms with Crippen LogP contribution in [0.1, 0.15) is 53.4 Å². The summed E-state index contributed by atoms with van der Waals surface area (Å²) in [7, 11) is 1.77. The van der Waals surface area contributed by atoms with Gasteiger partial charge in [0.05, 0.1) is 0 Å². The van der Waals surface area contributed by atoms with E-state index in [-0.39, 0.29) is 0 Å². The van der Waals surface area contributed by atoms with Crippen molar-refractivity contribution in [2.24, 2.45) is 5.92 Å². The lowest BCUT2D eigenvalue weighted by atomic mass is 9.97. The Morgan fingerprint density at radius 3 is 2.27 bits per heavy atom. The van der Waals surface area contributed by atoms with Crippen molar-refractivity contribution in [2.75, 3.05) is 13.7 Å². The van der Waals surface area contributed by atoms with Gasteiger partial charge in [-0.2, -0.15) is 0 Å². The standard InChI is InChI=1S/C13H29NO/c1-6-11(3)10-13(7-2)14-12(4)8-9-15-5/h11-14H,6-10H2,1-5H3. The van der Waals surface area contributed by atoms with Crippen LogP contribution in [0.25, 0.3) is 0 Å². The van der Waals surface area contributed by atoms with Crippen LogP contribution in [0.5, 0.6) is 0 Å². The summed E-state index contributed by atoms with van der Waals surface area (Å²) in [5, 5.41) is 3.69. The third-order valence-corrected chi connectivity index (χ3v) is 3.15. The van der Waals surface area contributed by atoms with Crippen molar-refractivity contribution in [3.8, 4) is 0 Å². The highest BCUT2D eigenvalue weighted by Crippen LogP contribution is 2.12. The van der Waals surface area contributed by atoms with E-state index in [9.17, 15) is 0 Å². The predicted octanol–water partition coefficient (Wildman–Crippen LogP) is 3.22. The van der Waals surface area contributed by atoms with Crippen molar-refractivity contribution < 1.29 is 4.74 Å². The fraction of sp³-hybridized carbons (Fsp3) is 1.00. The van der Waals surface area contributed by atoms with E-state index in [0.29, 0.717) is 12.1 Å². The molecule has 2 nitrogen and oxygen atoms in total. The minimum atomic E-state index is 0.568. The third-order valence-electron chi connectivity index (χ3n) is 3.15. The molecule has 0 saturated carbocycles. The molecule has 0 heterocycles. The summed E-state index contributed by atoms with van der Waals surface area (Å²) >= 11 is 0. The number of hydrogen-bond donors (Lipinski definition) is 1. The van der Waals surface area contributed by atoms with Crippen molar-refractivity contribution >= 4 is 0 Å². The smallest absolute Gasteiger partial charge is 0.0476 e. The summed E-state index contributed by atoms with van der Waals surface area (Å²) in [6.07, 6.45) is 4.91. The second-order valence-electron chi connectivity index (χ2n) is 4.70. The molecule has 0 radical (unpaired) electrons. The van der Waals surface area contributed by atoms with Crippen LogP contribution < -0.4 is 5.32 Å². The summed E-state index contributed by atoms with van der Waals surface area (Å²) in [4.78, 5) is 0. The number of rotatable bonds is 9. The average Bonchev–Trinajstić information content (AvgIpc) is 2.25. The molecule has 0 aliphatic heterocycles. The van der Waals surface area contributed by atoms with E-state index in [1.54, 1.807) is 7.11 Å². The van der Waals surface area contributed by atoms with Gasteiger partial charge in [-0.1, -0.05) is 27.2 Å². The van der Waals surface area contributed by atoms with Crippen LogP contribution in [0.15, 0.2) is 0 Å². The van der Waals surface area contributed by atoms with E-state index >= 15 is 0 Å². The van der Waals surface area contributed by atoms with Gasteiger partial charge in [-0.15, -0.1) is 0 Å². The highest BCUT2D eigenvalue weighted by molar-refractivity contribution is 4.72. The molecular formula is C13H29NO.